The second-order valence-corrected chi connectivity index (χ2v) is 14.5. The van der Waals surface area contributed by atoms with Crippen LogP contribution in [-0.2, 0) is 28.6 Å². The van der Waals surface area contributed by atoms with Crippen LogP contribution >= 0.6 is 0 Å². The highest BCUT2D eigenvalue weighted by Crippen LogP contribution is 2.74. The maximum absolute atomic E-state index is 13.6. The summed E-state index contributed by atoms with van der Waals surface area (Å²) in [6, 6.07) is 0. The van der Waals surface area contributed by atoms with Crippen molar-refractivity contribution >= 4 is 17.9 Å². The van der Waals surface area contributed by atoms with Crippen molar-refractivity contribution in [2.24, 2.45) is 39.9 Å². The lowest BCUT2D eigenvalue weighted by atomic mass is 9.36. The Labute approximate surface area is 251 Å². The van der Waals surface area contributed by atoms with Crippen LogP contribution in [0.15, 0.2) is 22.8 Å². The molecule has 0 aliphatic heterocycles. The summed E-state index contributed by atoms with van der Waals surface area (Å²) in [5, 5.41) is 22.8. The predicted octanol–water partition coefficient (Wildman–Crippen LogP) is 5.65. The number of aliphatic hydroxyl groups is 2. The van der Waals surface area contributed by atoms with E-state index in [1.54, 1.807) is 0 Å². The zero-order chi connectivity index (χ0) is 31.2. The van der Waals surface area contributed by atoms with Crippen molar-refractivity contribution in [2.75, 3.05) is 6.79 Å². The summed E-state index contributed by atoms with van der Waals surface area (Å²) in [6.07, 6.45) is 6.00. The average molecular weight is 589 g/mol. The van der Waals surface area contributed by atoms with Crippen LogP contribution in [0.4, 0.5) is 0 Å². The third kappa shape index (κ3) is 5.58. The highest BCUT2D eigenvalue weighted by atomic mass is 16.7. The normalized spacial score (nSPS) is 41.9. The van der Waals surface area contributed by atoms with Gasteiger partial charge in [0, 0.05) is 19.4 Å². The molecule has 0 aromatic heterocycles. The van der Waals surface area contributed by atoms with E-state index in [2.05, 4.69) is 33.8 Å². The van der Waals surface area contributed by atoms with Crippen molar-refractivity contribution in [3.63, 3.8) is 0 Å². The van der Waals surface area contributed by atoms with Crippen LogP contribution in [0.5, 0.6) is 0 Å². The fraction of sp³-hybridized carbons (Fsp3) is 0.794. The molecule has 2 N–H and O–H groups in total. The fourth-order valence-corrected chi connectivity index (χ4v) is 10.0. The summed E-state index contributed by atoms with van der Waals surface area (Å²) in [6.45, 7) is 15.2. The number of ether oxygens (including phenoxy) is 3. The minimum absolute atomic E-state index is 0.0160. The molecule has 4 aliphatic rings. The van der Waals surface area contributed by atoms with Crippen molar-refractivity contribution in [1.82, 2.24) is 0 Å². The first-order valence-corrected chi connectivity index (χ1v) is 15.8. The van der Waals surface area contributed by atoms with Crippen LogP contribution in [0, 0.1) is 39.9 Å². The average Bonchev–Trinajstić information content (AvgIpc) is 3.15. The van der Waals surface area contributed by atoms with Gasteiger partial charge in [-0.05, 0) is 111 Å². The first-order valence-electron chi connectivity index (χ1n) is 15.8. The summed E-state index contributed by atoms with van der Waals surface area (Å²) in [5.41, 5.74) is 1.56. The third-order valence-electron chi connectivity index (χ3n) is 12.0. The Hall–Kier alpha value is -2.19. The highest BCUT2D eigenvalue weighted by Gasteiger charge is 2.70. The Morgan fingerprint density at radius 2 is 1.62 bits per heavy atom. The monoisotopic (exact) mass is 588 g/mol. The smallest absolute Gasteiger partial charge is 0.336 e. The zero-order valence-electron chi connectivity index (χ0n) is 26.8. The molecule has 10 atom stereocenters. The maximum Gasteiger partial charge on any atom is 0.336 e. The van der Waals surface area contributed by atoms with Gasteiger partial charge >= 0.3 is 17.9 Å². The second-order valence-electron chi connectivity index (χ2n) is 14.5. The Morgan fingerprint density at radius 3 is 2.24 bits per heavy atom. The van der Waals surface area contributed by atoms with Gasteiger partial charge in [0.15, 0.2) is 0 Å². The first-order chi connectivity index (χ1) is 19.6. The SMILES string of the molecule is CC(=O)OCOC(=O)C(CCC=C(C)C)=C1[C@@H](OC(C)=O)C[C@@]2(C)[C@@H]1C[C@@H](O)[C@@H]1[C@@]3(C)CC[C@@H](O)[C@@H](C)C3CC[C@@]12C. The van der Waals surface area contributed by atoms with Crippen LogP contribution in [0.25, 0.3) is 0 Å². The molecule has 4 rings (SSSR count). The van der Waals surface area contributed by atoms with Gasteiger partial charge in [-0.3, -0.25) is 9.59 Å². The number of esters is 3. The van der Waals surface area contributed by atoms with Gasteiger partial charge < -0.3 is 24.4 Å². The molecule has 1 unspecified atom stereocenters. The van der Waals surface area contributed by atoms with Gasteiger partial charge in [-0.25, -0.2) is 4.79 Å². The van der Waals surface area contributed by atoms with Crippen molar-refractivity contribution in [3.8, 4) is 0 Å². The second kappa shape index (κ2) is 12.1. The first kappa shape index (κ1) is 32.7. The number of carbonyl (C=O) groups excluding carboxylic acids is 3. The van der Waals surface area contributed by atoms with E-state index in [1.165, 1.54) is 13.8 Å². The van der Waals surface area contributed by atoms with Gasteiger partial charge in [-0.15, -0.1) is 0 Å². The number of hydrogen-bond donors (Lipinski definition) is 2. The van der Waals surface area contributed by atoms with Gasteiger partial charge in [0.2, 0.25) is 6.79 Å². The molecule has 0 spiro atoms. The molecule has 4 saturated carbocycles. The molecule has 0 saturated heterocycles. The van der Waals surface area contributed by atoms with Crippen molar-refractivity contribution < 1.29 is 38.8 Å². The van der Waals surface area contributed by atoms with E-state index in [-0.39, 0.29) is 40.1 Å². The number of hydrogen-bond acceptors (Lipinski definition) is 8. The lowest BCUT2D eigenvalue weighted by molar-refractivity contribution is -0.234. The van der Waals surface area contributed by atoms with E-state index in [1.807, 2.05) is 13.8 Å². The summed E-state index contributed by atoms with van der Waals surface area (Å²) >= 11 is 0. The molecule has 0 bridgehead atoms. The zero-order valence-corrected chi connectivity index (χ0v) is 26.8. The van der Waals surface area contributed by atoms with Gasteiger partial charge in [-0.2, -0.15) is 0 Å². The van der Waals surface area contributed by atoms with Crippen LogP contribution in [0.2, 0.25) is 0 Å². The molecular formula is C34H52O8. The third-order valence-corrected chi connectivity index (χ3v) is 12.0. The number of carbonyl (C=O) groups is 3. The van der Waals surface area contributed by atoms with Crippen molar-refractivity contribution in [3.05, 3.63) is 22.8 Å². The van der Waals surface area contributed by atoms with E-state index in [4.69, 9.17) is 14.2 Å². The highest BCUT2D eigenvalue weighted by molar-refractivity contribution is 5.90. The molecular weight excluding hydrogens is 536 g/mol. The quantitative estimate of drug-likeness (QED) is 0.170. The number of aliphatic hydroxyl groups excluding tert-OH is 2. The van der Waals surface area contributed by atoms with Crippen LogP contribution in [0.3, 0.4) is 0 Å². The molecule has 4 fully saturated rings. The van der Waals surface area contributed by atoms with Crippen LogP contribution < -0.4 is 0 Å². The number of fused-ring (bicyclic) bond motifs is 5. The Bertz CT molecular complexity index is 1140. The molecule has 42 heavy (non-hydrogen) atoms. The van der Waals surface area contributed by atoms with E-state index < -0.39 is 36.9 Å². The molecule has 4 aliphatic carbocycles. The molecule has 0 heterocycles. The van der Waals surface area contributed by atoms with Crippen LogP contribution in [0.1, 0.15) is 107 Å². The number of allylic oxidation sites excluding steroid dienone is 2. The number of rotatable bonds is 7. The molecule has 0 aromatic rings. The van der Waals surface area contributed by atoms with Crippen molar-refractivity contribution in [2.45, 2.75) is 125 Å². The fourth-order valence-electron chi connectivity index (χ4n) is 10.0. The topological polar surface area (TPSA) is 119 Å². The lowest BCUT2D eigenvalue weighted by Crippen LogP contribution is -2.65. The van der Waals surface area contributed by atoms with Gasteiger partial charge in [0.05, 0.1) is 12.2 Å². The van der Waals surface area contributed by atoms with Crippen LogP contribution in [-0.4, -0.2) is 53.2 Å². The molecule has 0 aromatic carbocycles. The predicted molar refractivity (Wildman–Crippen MR) is 158 cm³/mol. The van der Waals surface area contributed by atoms with E-state index in [0.29, 0.717) is 37.2 Å². The maximum atomic E-state index is 13.6. The summed E-state index contributed by atoms with van der Waals surface area (Å²) in [5.74, 6) is -1.21. The molecule has 8 heteroatoms. The largest absolute Gasteiger partial charge is 0.458 e. The Morgan fingerprint density at radius 1 is 0.929 bits per heavy atom. The molecule has 236 valence electrons. The molecule has 0 radical (unpaired) electrons. The van der Waals surface area contributed by atoms with E-state index in [9.17, 15) is 24.6 Å². The van der Waals surface area contributed by atoms with Gasteiger partial charge in [-0.1, -0.05) is 39.3 Å². The minimum atomic E-state index is -0.610. The molecule has 8 nitrogen and oxygen atoms in total. The summed E-state index contributed by atoms with van der Waals surface area (Å²) in [4.78, 5) is 37.4. The van der Waals surface area contributed by atoms with Gasteiger partial charge in [0.1, 0.15) is 6.10 Å². The van der Waals surface area contributed by atoms with Gasteiger partial charge in [0.25, 0.3) is 0 Å². The summed E-state index contributed by atoms with van der Waals surface area (Å²) < 4.78 is 16.3. The lowest BCUT2D eigenvalue weighted by Gasteiger charge is -2.69. The molecule has 0 amide bonds. The Balaban J connectivity index is 1.81. The van der Waals surface area contributed by atoms with E-state index >= 15 is 0 Å². The minimum Gasteiger partial charge on any atom is -0.458 e. The van der Waals surface area contributed by atoms with Crippen molar-refractivity contribution in [1.29, 1.82) is 0 Å². The standard InChI is InChI=1S/C34H52O8/c1-19(2)10-9-11-23(31(39)41-18-40-21(4)35)29-25-16-27(38)30-32(6)14-13-26(37)20(3)24(32)12-15-33(30,7)34(25,8)17-28(29)42-22(5)36/h10,20,24-28,30,37-38H,9,11-18H2,1-8H3/t20-,24?,25+,26+,27+,28-,30+,32-,33-,34-/m0/s1. The Kier molecular flexibility index (Phi) is 9.40. The summed E-state index contributed by atoms with van der Waals surface area (Å²) in [7, 11) is 0. The van der Waals surface area contributed by atoms with E-state index in [0.717, 1.165) is 36.8 Å².